The van der Waals surface area contributed by atoms with E-state index in [4.69, 9.17) is 4.74 Å². The normalized spacial score (nSPS) is 21.0. The number of benzene rings is 2. The summed E-state index contributed by atoms with van der Waals surface area (Å²) in [6, 6.07) is 17.0. The number of rotatable bonds is 11. The average Bonchev–Trinajstić information content (AvgIpc) is 3.64. The third-order valence-electron chi connectivity index (χ3n) is 8.18. The highest BCUT2D eigenvalue weighted by Crippen LogP contribution is 2.32. The van der Waals surface area contributed by atoms with E-state index in [1.165, 1.54) is 0 Å². The molecule has 1 fully saturated rings. The fourth-order valence-corrected chi connectivity index (χ4v) is 6.54. The summed E-state index contributed by atoms with van der Waals surface area (Å²) in [6.45, 7) is 0.348. The van der Waals surface area contributed by atoms with E-state index in [0.717, 1.165) is 45.9 Å². The van der Waals surface area contributed by atoms with Gasteiger partial charge in [0.15, 0.2) is 0 Å². The molecule has 2 aliphatic rings. The number of para-hydroxylation sites is 2. The van der Waals surface area contributed by atoms with E-state index in [0.29, 0.717) is 36.6 Å². The minimum Gasteiger partial charge on any atom is -0.482 e. The number of nitrogens with zero attached hydrogens (tertiary/aromatic N) is 1. The molecule has 2 aliphatic carbocycles. The molecule has 0 radical (unpaired) electrons. The Hall–Kier alpha value is -2.89. The molecular formula is C32H38IN3O5. The SMILES string of the molecule is O=C(NCCO)C1=C[C@H](Oc2ccccc2I)[C@@H](O)[C@H](N(CCc2cc3ccccc3[nH]2)C(=O)CC2CCCC2)C1. The van der Waals surface area contributed by atoms with Crippen molar-refractivity contribution in [3.63, 3.8) is 0 Å². The van der Waals surface area contributed by atoms with Crippen LogP contribution in [0.15, 0.2) is 66.2 Å². The van der Waals surface area contributed by atoms with Crippen LogP contribution in [0.4, 0.5) is 0 Å². The van der Waals surface area contributed by atoms with Crippen molar-refractivity contribution in [2.45, 2.75) is 63.2 Å². The molecule has 3 atom stereocenters. The van der Waals surface area contributed by atoms with E-state index in [2.05, 4.69) is 45.0 Å². The zero-order chi connectivity index (χ0) is 28.8. The van der Waals surface area contributed by atoms with Crippen LogP contribution in [-0.4, -0.2) is 69.9 Å². The van der Waals surface area contributed by atoms with Gasteiger partial charge in [0.05, 0.1) is 16.2 Å². The fraction of sp³-hybridized carbons (Fsp3) is 0.438. The minimum absolute atomic E-state index is 0.00196. The lowest BCUT2D eigenvalue weighted by atomic mass is 9.87. The van der Waals surface area contributed by atoms with Crippen molar-refractivity contribution in [3.8, 4) is 5.75 Å². The Morgan fingerprint density at radius 3 is 2.61 bits per heavy atom. The molecule has 8 nitrogen and oxygen atoms in total. The highest BCUT2D eigenvalue weighted by molar-refractivity contribution is 14.1. The molecule has 1 aromatic heterocycles. The molecule has 0 saturated heterocycles. The van der Waals surface area contributed by atoms with Crippen molar-refractivity contribution in [3.05, 3.63) is 75.5 Å². The summed E-state index contributed by atoms with van der Waals surface area (Å²) in [6.07, 6.45) is 5.40. The number of carbonyl (C=O) groups is 2. The quantitative estimate of drug-likeness (QED) is 0.227. The number of aliphatic hydroxyl groups is 2. The Labute approximate surface area is 254 Å². The van der Waals surface area contributed by atoms with Gasteiger partial charge in [-0.2, -0.15) is 0 Å². The first kappa shape index (κ1) is 29.6. The summed E-state index contributed by atoms with van der Waals surface area (Å²) >= 11 is 2.18. The third-order valence-corrected chi connectivity index (χ3v) is 9.07. The largest absolute Gasteiger partial charge is 0.482 e. The van der Waals surface area contributed by atoms with Crippen molar-refractivity contribution in [1.29, 1.82) is 0 Å². The first-order valence-electron chi connectivity index (χ1n) is 14.5. The van der Waals surface area contributed by atoms with Gasteiger partial charge in [0, 0.05) is 49.1 Å². The Kier molecular flexibility index (Phi) is 10.00. The van der Waals surface area contributed by atoms with Gasteiger partial charge in [0.1, 0.15) is 18.0 Å². The van der Waals surface area contributed by atoms with Crippen molar-refractivity contribution in [2.75, 3.05) is 19.7 Å². The number of fused-ring (bicyclic) bond motifs is 1. The van der Waals surface area contributed by atoms with Crippen molar-refractivity contribution < 1.29 is 24.5 Å². The molecule has 1 heterocycles. The number of carbonyl (C=O) groups excluding carboxylic acids is 2. The molecule has 5 rings (SSSR count). The van der Waals surface area contributed by atoms with Gasteiger partial charge in [-0.3, -0.25) is 9.59 Å². The van der Waals surface area contributed by atoms with Crippen LogP contribution in [0.5, 0.6) is 5.75 Å². The highest BCUT2D eigenvalue weighted by Gasteiger charge is 2.41. The zero-order valence-electron chi connectivity index (χ0n) is 23.1. The standard InChI is InChI=1S/C32H38IN3O5/c33-25-10-4-6-12-28(25)41-29-20-23(32(40)34-14-16-37)19-27(31(29)39)36(30(38)17-21-7-1-2-8-21)15-13-24-18-22-9-3-5-11-26(22)35-24/h3-6,9-12,18,20-21,27,29,31,35,37,39H,1-2,7-8,13-17,19H2,(H,34,40)/t27-,29+,31+/m1/s1. The summed E-state index contributed by atoms with van der Waals surface area (Å²) < 4.78 is 7.15. The van der Waals surface area contributed by atoms with Crippen LogP contribution >= 0.6 is 22.6 Å². The van der Waals surface area contributed by atoms with Crippen molar-refractivity contribution >= 4 is 45.3 Å². The first-order valence-corrected chi connectivity index (χ1v) is 15.6. The Morgan fingerprint density at radius 2 is 1.85 bits per heavy atom. The summed E-state index contributed by atoms with van der Waals surface area (Å²) in [5.41, 5.74) is 2.49. The monoisotopic (exact) mass is 671 g/mol. The molecule has 2 aromatic carbocycles. The maximum Gasteiger partial charge on any atom is 0.247 e. The molecule has 0 spiro atoms. The lowest BCUT2D eigenvalue weighted by Gasteiger charge is -2.41. The number of H-pyrrole nitrogens is 1. The molecule has 0 bridgehead atoms. The zero-order valence-corrected chi connectivity index (χ0v) is 25.3. The second-order valence-electron chi connectivity index (χ2n) is 11.0. The maximum atomic E-state index is 13.9. The minimum atomic E-state index is -1.03. The second kappa shape index (κ2) is 13.8. The molecule has 0 unspecified atom stereocenters. The molecule has 1 saturated carbocycles. The summed E-state index contributed by atoms with van der Waals surface area (Å²) in [5.74, 6) is 0.624. The fourth-order valence-electron chi connectivity index (χ4n) is 6.03. The number of amides is 2. The molecule has 41 heavy (non-hydrogen) atoms. The number of aliphatic hydroxyl groups excluding tert-OH is 2. The number of aromatic nitrogens is 1. The summed E-state index contributed by atoms with van der Waals surface area (Å²) in [5, 5.41) is 24.8. The van der Waals surface area contributed by atoms with Crippen molar-refractivity contribution in [1.82, 2.24) is 15.2 Å². The van der Waals surface area contributed by atoms with Gasteiger partial charge < -0.3 is 30.2 Å². The van der Waals surface area contributed by atoms with Gasteiger partial charge in [-0.25, -0.2) is 0 Å². The average molecular weight is 672 g/mol. The van der Waals surface area contributed by atoms with Crippen LogP contribution in [0, 0.1) is 9.49 Å². The molecular weight excluding hydrogens is 633 g/mol. The molecule has 3 aromatic rings. The summed E-state index contributed by atoms with van der Waals surface area (Å²) in [4.78, 5) is 32.2. The maximum absolute atomic E-state index is 13.9. The topological polar surface area (TPSA) is 115 Å². The van der Waals surface area contributed by atoms with E-state index in [9.17, 15) is 19.8 Å². The second-order valence-corrected chi connectivity index (χ2v) is 12.2. The van der Waals surface area contributed by atoms with E-state index in [1.807, 2.05) is 42.5 Å². The Balaban J connectivity index is 1.43. The Bertz CT molecular complexity index is 1350. The highest BCUT2D eigenvalue weighted by atomic mass is 127. The lowest BCUT2D eigenvalue weighted by Crippen LogP contribution is -2.55. The van der Waals surface area contributed by atoms with E-state index in [1.54, 1.807) is 11.0 Å². The van der Waals surface area contributed by atoms with E-state index in [-0.39, 0.29) is 31.4 Å². The molecule has 9 heteroatoms. The number of aromatic amines is 1. The number of ether oxygens (including phenoxy) is 1. The van der Waals surface area contributed by atoms with Crippen LogP contribution in [0.1, 0.15) is 44.2 Å². The lowest BCUT2D eigenvalue weighted by molar-refractivity contribution is -0.139. The van der Waals surface area contributed by atoms with Gasteiger partial charge in [0.2, 0.25) is 11.8 Å². The van der Waals surface area contributed by atoms with E-state index >= 15 is 0 Å². The Morgan fingerprint density at radius 1 is 1.10 bits per heavy atom. The molecule has 218 valence electrons. The number of nitrogens with one attached hydrogen (secondary N) is 2. The molecule has 4 N–H and O–H groups in total. The van der Waals surface area contributed by atoms with Crippen LogP contribution in [0.3, 0.4) is 0 Å². The molecule has 0 aliphatic heterocycles. The van der Waals surface area contributed by atoms with Crippen LogP contribution < -0.4 is 10.1 Å². The predicted molar refractivity (Wildman–Crippen MR) is 166 cm³/mol. The molecule has 2 amide bonds. The van der Waals surface area contributed by atoms with Crippen LogP contribution in [0.2, 0.25) is 0 Å². The third kappa shape index (κ3) is 7.31. The van der Waals surface area contributed by atoms with Crippen LogP contribution in [-0.2, 0) is 16.0 Å². The first-order chi connectivity index (χ1) is 19.9. The van der Waals surface area contributed by atoms with Crippen LogP contribution in [0.25, 0.3) is 10.9 Å². The van der Waals surface area contributed by atoms with Gasteiger partial charge >= 0.3 is 0 Å². The van der Waals surface area contributed by atoms with Gasteiger partial charge in [-0.05, 0) is 77.1 Å². The van der Waals surface area contributed by atoms with Crippen molar-refractivity contribution in [2.24, 2.45) is 5.92 Å². The number of hydrogen-bond acceptors (Lipinski definition) is 5. The predicted octanol–water partition coefficient (Wildman–Crippen LogP) is 4.34. The van der Waals surface area contributed by atoms with Gasteiger partial charge in [0.25, 0.3) is 0 Å². The van der Waals surface area contributed by atoms with Gasteiger partial charge in [-0.1, -0.05) is 43.2 Å². The summed E-state index contributed by atoms with van der Waals surface area (Å²) in [7, 11) is 0. The number of hydrogen-bond donors (Lipinski definition) is 4. The van der Waals surface area contributed by atoms with Gasteiger partial charge in [-0.15, -0.1) is 0 Å². The smallest absolute Gasteiger partial charge is 0.247 e. The number of halogens is 1. The van der Waals surface area contributed by atoms with E-state index < -0.39 is 18.2 Å².